The molecule has 0 aliphatic carbocycles. The smallest absolute Gasteiger partial charge is 0.253 e. The maximum Gasteiger partial charge on any atom is 0.253 e. The maximum absolute atomic E-state index is 12.6. The van der Waals surface area contributed by atoms with E-state index in [9.17, 15) is 4.79 Å². The molecule has 1 N–H and O–H groups in total. The third kappa shape index (κ3) is 4.54. The van der Waals surface area contributed by atoms with E-state index in [2.05, 4.69) is 34.5 Å². The van der Waals surface area contributed by atoms with Gasteiger partial charge in [0.25, 0.3) is 5.91 Å². The number of carbonyl (C=O) groups is 1. The Labute approximate surface area is 168 Å². The van der Waals surface area contributed by atoms with Gasteiger partial charge in [0.15, 0.2) is 0 Å². The number of nitrogens with zero attached hydrogens (tertiary/aromatic N) is 2. The molecule has 2 aromatic rings. The number of piperazine rings is 1. The van der Waals surface area contributed by atoms with Gasteiger partial charge in [0.1, 0.15) is 5.75 Å². The molecule has 1 aliphatic rings. The van der Waals surface area contributed by atoms with Crippen LogP contribution in [0.3, 0.4) is 0 Å². The molecule has 150 valence electrons. The zero-order chi connectivity index (χ0) is 19.9. The zero-order valence-corrected chi connectivity index (χ0v) is 17.1. The van der Waals surface area contributed by atoms with Crippen LogP contribution in [-0.4, -0.2) is 62.1 Å². The van der Waals surface area contributed by atoms with Crippen molar-refractivity contribution in [3.8, 4) is 5.75 Å². The molecular formula is C23H31N3O2. The van der Waals surface area contributed by atoms with Gasteiger partial charge in [0.2, 0.25) is 0 Å². The first kappa shape index (κ1) is 20.4. The van der Waals surface area contributed by atoms with Crippen molar-refractivity contribution in [2.24, 2.45) is 0 Å². The van der Waals surface area contributed by atoms with Gasteiger partial charge in [0.05, 0.1) is 13.2 Å². The van der Waals surface area contributed by atoms with Crippen molar-refractivity contribution in [2.75, 3.05) is 46.4 Å². The van der Waals surface area contributed by atoms with Gasteiger partial charge in [-0.2, -0.15) is 0 Å². The minimum atomic E-state index is 0.0970. The van der Waals surface area contributed by atoms with Gasteiger partial charge in [0, 0.05) is 44.8 Å². The summed E-state index contributed by atoms with van der Waals surface area (Å²) in [6, 6.07) is 16.6. The Bertz CT molecular complexity index is 748. The molecule has 1 fully saturated rings. The molecule has 5 nitrogen and oxygen atoms in total. The Balaban J connectivity index is 1.90. The van der Waals surface area contributed by atoms with Crippen LogP contribution in [0.4, 0.5) is 0 Å². The van der Waals surface area contributed by atoms with Crippen molar-refractivity contribution in [1.82, 2.24) is 15.1 Å². The van der Waals surface area contributed by atoms with Crippen molar-refractivity contribution < 1.29 is 9.53 Å². The first-order valence-corrected chi connectivity index (χ1v) is 10.2. The summed E-state index contributed by atoms with van der Waals surface area (Å²) in [7, 11) is 1.69. The number of hydrogen-bond acceptors (Lipinski definition) is 4. The molecule has 0 bridgehead atoms. The van der Waals surface area contributed by atoms with Crippen LogP contribution in [0.15, 0.2) is 48.5 Å². The van der Waals surface area contributed by atoms with E-state index >= 15 is 0 Å². The van der Waals surface area contributed by atoms with E-state index in [0.717, 1.165) is 50.6 Å². The van der Waals surface area contributed by atoms with Crippen LogP contribution < -0.4 is 10.1 Å². The molecule has 2 aromatic carbocycles. The molecule has 1 saturated heterocycles. The summed E-state index contributed by atoms with van der Waals surface area (Å²) < 4.78 is 5.32. The third-order valence-corrected chi connectivity index (χ3v) is 5.47. The molecule has 3 rings (SSSR count). The van der Waals surface area contributed by atoms with Gasteiger partial charge in [-0.15, -0.1) is 0 Å². The number of rotatable bonds is 7. The van der Waals surface area contributed by atoms with Gasteiger partial charge < -0.3 is 15.0 Å². The molecule has 1 amide bonds. The first-order valence-electron chi connectivity index (χ1n) is 10.2. The number of amides is 1. The predicted molar refractivity (Wildman–Crippen MR) is 113 cm³/mol. The van der Waals surface area contributed by atoms with Gasteiger partial charge in [-0.3, -0.25) is 9.69 Å². The fraction of sp³-hybridized carbons (Fsp3) is 0.435. The maximum atomic E-state index is 12.6. The second-order valence-electron chi connectivity index (χ2n) is 7.06. The minimum absolute atomic E-state index is 0.0970. The van der Waals surface area contributed by atoms with Crippen LogP contribution in [0, 0.1) is 0 Å². The lowest BCUT2D eigenvalue weighted by atomic mass is 9.95. The molecule has 0 aromatic heterocycles. The van der Waals surface area contributed by atoms with E-state index in [4.69, 9.17) is 4.74 Å². The second kappa shape index (κ2) is 9.71. The van der Waals surface area contributed by atoms with Crippen molar-refractivity contribution in [3.63, 3.8) is 0 Å². The van der Waals surface area contributed by atoms with Crippen molar-refractivity contribution >= 4 is 5.91 Å². The van der Waals surface area contributed by atoms with Gasteiger partial charge in [-0.05, 0) is 49.2 Å². The van der Waals surface area contributed by atoms with Crippen molar-refractivity contribution in [1.29, 1.82) is 0 Å². The van der Waals surface area contributed by atoms with E-state index in [-0.39, 0.29) is 11.9 Å². The fourth-order valence-electron chi connectivity index (χ4n) is 3.84. The monoisotopic (exact) mass is 381 g/mol. The highest BCUT2D eigenvalue weighted by Crippen LogP contribution is 2.30. The topological polar surface area (TPSA) is 44.8 Å². The highest BCUT2D eigenvalue weighted by molar-refractivity contribution is 5.94. The van der Waals surface area contributed by atoms with E-state index in [1.54, 1.807) is 7.11 Å². The average Bonchev–Trinajstić information content (AvgIpc) is 2.76. The van der Waals surface area contributed by atoms with Crippen LogP contribution in [-0.2, 0) is 0 Å². The van der Waals surface area contributed by atoms with Crippen LogP contribution in [0.2, 0.25) is 0 Å². The molecule has 1 heterocycles. The highest BCUT2D eigenvalue weighted by atomic mass is 16.5. The molecule has 0 radical (unpaired) electrons. The van der Waals surface area contributed by atoms with Crippen LogP contribution in [0.5, 0.6) is 5.75 Å². The molecular weight excluding hydrogens is 350 g/mol. The summed E-state index contributed by atoms with van der Waals surface area (Å²) in [5.74, 6) is 0.961. The molecule has 1 atom stereocenters. The second-order valence-corrected chi connectivity index (χ2v) is 7.06. The van der Waals surface area contributed by atoms with E-state index in [1.807, 2.05) is 43.0 Å². The summed E-state index contributed by atoms with van der Waals surface area (Å²) in [5.41, 5.74) is 3.20. The van der Waals surface area contributed by atoms with E-state index < -0.39 is 0 Å². The van der Waals surface area contributed by atoms with Crippen LogP contribution >= 0.6 is 0 Å². The van der Waals surface area contributed by atoms with Crippen LogP contribution in [0.25, 0.3) is 0 Å². The molecule has 5 heteroatoms. The standard InChI is InChI=1S/C23H31N3O2/c1-4-25(5-2)23(27)20-8-6-18(7-9-20)22(26-16-14-24-15-17-26)19-10-12-21(28-3)13-11-19/h6-13,22,24H,4-5,14-17H2,1-3H3. The molecule has 1 aliphatic heterocycles. The quantitative estimate of drug-likeness (QED) is 0.800. The normalized spacial score (nSPS) is 15.8. The summed E-state index contributed by atoms with van der Waals surface area (Å²) in [5, 5.41) is 3.43. The molecule has 1 unspecified atom stereocenters. The summed E-state index contributed by atoms with van der Waals surface area (Å²) in [6.07, 6.45) is 0. The minimum Gasteiger partial charge on any atom is -0.497 e. The Morgan fingerprint density at radius 1 is 1.00 bits per heavy atom. The fourth-order valence-corrected chi connectivity index (χ4v) is 3.84. The lowest BCUT2D eigenvalue weighted by molar-refractivity contribution is 0.0773. The lowest BCUT2D eigenvalue weighted by Gasteiger charge is -2.35. The first-order chi connectivity index (χ1) is 13.7. The highest BCUT2D eigenvalue weighted by Gasteiger charge is 2.24. The van der Waals surface area contributed by atoms with E-state index in [1.165, 1.54) is 11.1 Å². The van der Waals surface area contributed by atoms with Gasteiger partial charge in [-0.25, -0.2) is 0 Å². The molecule has 28 heavy (non-hydrogen) atoms. The molecule has 0 saturated carbocycles. The number of hydrogen-bond donors (Lipinski definition) is 1. The summed E-state index contributed by atoms with van der Waals surface area (Å²) >= 11 is 0. The SMILES string of the molecule is CCN(CC)C(=O)c1ccc(C(c2ccc(OC)cc2)N2CCNCC2)cc1. The Kier molecular flexibility index (Phi) is 7.06. The number of benzene rings is 2. The average molecular weight is 382 g/mol. The zero-order valence-electron chi connectivity index (χ0n) is 17.1. The van der Waals surface area contributed by atoms with Crippen molar-refractivity contribution in [3.05, 3.63) is 65.2 Å². The number of carbonyl (C=O) groups excluding carboxylic acids is 1. The predicted octanol–water partition coefficient (Wildman–Crippen LogP) is 3.17. The number of nitrogens with one attached hydrogen (secondary N) is 1. The summed E-state index contributed by atoms with van der Waals surface area (Å²) in [6.45, 7) is 9.46. The van der Waals surface area contributed by atoms with Gasteiger partial charge >= 0.3 is 0 Å². The van der Waals surface area contributed by atoms with E-state index in [0.29, 0.717) is 0 Å². The third-order valence-electron chi connectivity index (χ3n) is 5.47. The Morgan fingerprint density at radius 3 is 2.04 bits per heavy atom. The van der Waals surface area contributed by atoms with Gasteiger partial charge in [-0.1, -0.05) is 24.3 Å². The Hall–Kier alpha value is -2.37. The largest absolute Gasteiger partial charge is 0.497 e. The van der Waals surface area contributed by atoms with Crippen molar-refractivity contribution in [2.45, 2.75) is 19.9 Å². The molecule has 0 spiro atoms. The van der Waals surface area contributed by atoms with Crippen LogP contribution in [0.1, 0.15) is 41.4 Å². The number of methoxy groups -OCH3 is 1. The Morgan fingerprint density at radius 2 is 1.54 bits per heavy atom. The summed E-state index contributed by atoms with van der Waals surface area (Å²) in [4.78, 5) is 17.0. The number of ether oxygens (including phenoxy) is 1. The lowest BCUT2D eigenvalue weighted by Crippen LogP contribution is -2.45.